The monoisotopic (exact) mass is 229 g/mol. The van der Waals surface area contributed by atoms with E-state index in [0.29, 0.717) is 0 Å². The molecule has 0 radical (unpaired) electrons. The van der Waals surface area contributed by atoms with Gasteiger partial charge >= 0.3 is 5.69 Å². The van der Waals surface area contributed by atoms with Crippen LogP contribution in [0.25, 0.3) is 0 Å². The molecule has 0 fully saturated rings. The predicted octanol–water partition coefficient (Wildman–Crippen LogP) is 2.67. The fraction of sp³-hybridized carbons (Fsp3) is 1.00. The van der Waals surface area contributed by atoms with Crippen molar-refractivity contribution in [2.24, 2.45) is 0 Å². The van der Waals surface area contributed by atoms with Gasteiger partial charge in [0, 0.05) is 5.25 Å². The Balaban J connectivity index is 4.49. The van der Waals surface area contributed by atoms with Crippen molar-refractivity contribution in [1.29, 1.82) is 0 Å². The lowest BCUT2D eigenvalue weighted by molar-refractivity contribution is 0.501. The molecule has 0 rings (SSSR count). The largest absolute Gasteiger partial charge is 0.431 e. The molecule has 12 heavy (non-hydrogen) atoms. The SMILES string of the molecule is CC(C)SP(O)(O)=[S+]C(C)(C)C. The van der Waals surface area contributed by atoms with E-state index in [1.165, 1.54) is 22.3 Å². The third kappa shape index (κ3) is 7.56. The van der Waals surface area contributed by atoms with E-state index in [0.717, 1.165) is 0 Å². The van der Waals surface area contributed by atoms with Gasteiger partial charge in [0.15, 0.2) is 4.75 Å². The molecule has 0 spiro atoms. The fourth-order valence-electron chi connectivity index (χ4n) is 0.653. The molecule has 0 unspecified atom stereocenters. The highest BCUT2D eigenvalue weighted by molar-refractivity contribution is 8.69. The van der Waals surface area contributed by atoms with Gasteiger partial charge < -0.3 is 9.79 Å². The highest BCUT2D eigenvalue weighted by Crippen LogP contribution is 2.56. The van der Waals surface area contributed by atoms with Gasteiger partial charge in [-0.15, -0.1) is 0 Å². The lowest BCUT2D eigenvalue weighted by Gasteiger charge is -2.07. The summed E-state index contributed by atoms with van der Waals surface area (Å²) in [5, 5.41) is 0.267. The molecule has 0 saturated heterocycles. The zero-order chi connectivity index (χ0) is 9.99. The van der Waals surface area contributed by atoms with Crippen LogP contribution in [0.4, 0.5) is 0 Å². The lowest BCUT2D eigenvalue weighted by Crippen LogP contribution is -2.11. The number of hydrogen-bond acceptors (Lipinski definition) is 1. The Morgan fingerprint density at radius 3 is 1.92 bits per heavy atom. The van der Waals surface area contributed by atoms with Crippen molar-refractivity contribution >= 4 is 28.0 Å². The van der Waals surface area contributed by atoms with Gasteiger partial charge in [-0.1, -0.05) is 13.8 Å². The van der Waals surface area contributed by atoms with Crippen LogP contribution in [0, 0.1) is 0 Å². The zero-order valence-electron chi connectivity index (χ0n) is 8.24. The van der Waals surface area contributed by atoms with Gasteiger partial charge in [0.1, 0.15) is 0 Å². The summed E-state index contributed by atoms with van der Waals surface area (Å²) in [5.41, 5.74) is -2.79. The first-order chi connectivity index (χ1) is 5.12. The topological polar surface area (TPSA) is 40.5 Å². The van der Waals surface area contributed by atoms with Crippen LogP contribution in [0.1, 0.15) is 34.6 Å². The van der Waals surface area contributed by atoms with E-state index in [1.54, 1.807) is 0 Å². The van der Waals surface area contributed by atoms with E-state index in [-0.39, 0.29) is 10.00 Å². The first-order valence-electron chi connectivity index (χ1n) is 3.86. The Morgan fingerprint density at radius 2 is 1.67 bits per heavy atom. The first-order valence-corrected chi connectivity index (χ1v) is 8.46. The van der Waals surface area contributed by atoms with Crippen molar-refractivity contribution in [1.82, 2.24) is 0 Å². The third-order valence-corrected chi connectivity index (χ3v) is 8.11. The van der Waals surface area contributed by atoms with Crippen LogP contribution in [0.5, 0.6) is 0 Å². The van der Waals surface area contributed by atoms with E-state index in [4.69, 9.17) is 0 Å². The maximum Gasteiger partial charge on any atom is 0.431 e. The van der Waals surface area contributed by atoms with Crippen molar-refractivity contribution < 1.29 is 9.79 Å². The Morgan fingerprint density at radius 1 is 1.25 bits per heavy atom. The van der Waals surface area contributed by atoms with E-state index < -0.39 is 5.69 Å². The first kappa shape index (κ1) is 12.9. The maximum atomic E-state index is 9.61. The molecule has 0 aliphatic rings. The second-order valence-corrected chi connectivity index (χ2v) is 12.3. The van der Waals surface area contributed by atoms with Crippen LogP contribution >= 0.6 is 17.1 Å². The van der Waals surface area contributed by atoms with Gasteiger partial charge in [-0.05, 0) is 32.2 Å². The van der Waals surface area contributed by atoms with Crippen LogP contribution in [-0.4, -0.2) is 19.8 Å². The van der Waals surface area contributed by atoms with Crippen LogP contribution in [0.3, 0.4) is 0 Å². The van der Waals surface area contributed by atoms with Gasteiger partial charge in [-0.2, -0.15) is 0 Å². The smallest absolute Gasteiger partial charge is 0.304 e. The molecule has 0 aliphatic carbocycles. The molecule has 0 amide bonds. The van der Waals surface area contributed by atoms with E-state index in [2.05, 4.69) is 0 Å². The van der Waals surface area contributed by atoms with Crippen LogP contribution in [-0.2, 0) is 10.9 Å². The summed E-state index contributed by atoms with van der Waals surface area (Å²) in [6.45, 7) is 9.89. The van der Waals surface area contributed by atoms with Gasteiger partial charge in [0.25, 0.3) is 0 Å². The molecule has 2 nitrogen and oxygen atoms in total. The highest BCUT2D eigenvalue weighted by atomic mass is 32.9. The minimum absolute atomic E-state index is 0.0842. The molecule has 0 aromatic carbocycles. The number of rotatable bonds is 2. The second-order valence-electron chi connectivity index (χ2n) is 3.85. The van der Waals surface area contributed by atoms with E-state index in [9.17, 15) is 9.79 Å². The Bertz CT molecular complexity index is 190. The van der Waals surface area contributed by atoms with Crippen molar-refractivity contribution in [3.8, 4) is 0 Å². The summed E-state index contributed by atoms with van der Waals surface area (Å²) < 4.78 is -0.0842. The molecular weight excluding hydrogens is 211 g/mol. The normalized spacial score (nSPS) is 13.7. The summed E-state index contributed by atoms with van der Waals surface area (Å²) in [7, 11) is 1.27. The fourth-order valence-corrected chi connectivity index (χ4v) is 9.83. The summed E-state index contributed by atoms with van der Waals surface area (Å²) >= 11 is 1.27. The van der Waals surface area contributed by atoms with Crippen molar-refractivity contribution in [3.05, 3.63) is 0 Å². The zero-order valence-corrected chi connectivity index (χ0v) is 10.8. The van der Waals surface area contributed by atoms with E-state index in [1.807, 2.05) is 34.6 Å². The summed E-state index contributed by atoms with van der Waals surface area (Å²) in [6.07, 6.45) is 0. The summed E-state index contributed by atoms with van der Waals surface area (Å²) in [5.74, 6) is 0. The Kier molecular flexibility index (Phi) is 4.77. The standard InChI is InChI=1S/C7H18O2PS2/c1-6(2)11-10(8,9)12-7(3,4)5/h6,8-9H,1-5H3/q+1. The third-order valence-electron chi connectivity index (χ3n) is 0.741. The Hall–Kier alpha value is 0.920. The molecule has 0 bridgehead atoms. The lowest BCUT2D eigenvalue weighted by atomic mass is 10.3. The second kappa shape index (κ2) is 4.43. The van der Waals surface area contributed by atoms with Gasteiger partial charge in [0.2, 0.25) is 10.9 Å². The highest BCUT2D eigenvalue weighted by Gasteiger charge is 2.33. The molecular formula is C7H18O2PS2+. The minimum atomic E-state index is -2.79. The quantitative estimate of drug-likeness (QED) is 0.565. The van der Waals surface area contributed by atoms with Crippen molar-refractivity contribution in [3.63, 3.8) is 0 Å². The maximum absolute atomic E-state index is 9.61. The molecule has 0 heterocycles. The van der Waals surface area contributed by atoms with Gasteiger partial charge in [0.05, 0.1) is 0 Å². The van der Waals surface area contributed by atoms with Crippen molar-refractivity contribution in [2.45, 2.75) is 44.6 Å². The van der Waals surface area contributed by atoms with E-state index >= 15 is 0 Å². The molecule has 0 aromatic rings. The molecule has 2 N–H and O–H groups in total. The van der Waals surface area contributed by atoms with Crippen LogP contribution < -0.4 is 0 Å². The van der Waals surface area contributed by atoms with Crippen LogP contribution in [0.2, 0.25) is 0 Å². The molecule has 0 atom stereocenters. The molecule has 0 aliphatic heterocycles. The van der Waals surface area contributed by atoms with Crippen molar-refractivity contribution in [2.75, 3.05) is 0 Å². The number of hydrogen-bond donors (Lipinski definition) is 2. The predicted molar refractivity (Wildman–Crippen MR) is 61.2 cm³/mol. The molecule has 0 aromatic heterocycles. The Labute approximate surface area is 82.7 Å². The van der Waals surface area contributed by atoms with Gasteiger partial charge in [-0.3, -0.25) is 0 Å². The average molecular weight is 229 g/mol. The molecule has 5 heteroatoms. The molecule has 0 saturated carbocycles. The average Bonchev–Trinajstić information content (AvgIpc) is 1.48. The van der Waals surface area contributed by atoms with Gasteiger partial charge in [-0.25, -0.2) is 0 Å². The molecule has 74 valence electrons. The minimum Gasteiger partial charge on any atom is -0.304 e. The van der Waals surface area contributed by atoms with Crippen LogP contribution in [0.15, 0.2) is 0 Å². The summed E-state index contributed by atoms with van der Waals surface area (Å²) in [4.78, 5) is 19.2. The summed E-state index contributed by atoms with van der Waals surface area (Å²) in [6, 6.07) is 0.